The molecule has 0 saturated carbocycles. The second kappa shape index (κ2) is 11.6. The molecule has 0 saturated heterocycles. The molecule has 0 unspecified atom stereocenters. The van der Waals surface area contributed by atoms with Gasteiger partial charge in [0.2, 0.25) is 0 Å². The molecule has 0 radical (unpaired) electrons. The van der Waals surface area contributed by atoms with E-state index in [0.717, 1.165) is 0 Å². The van der Waals surface area contributed by atoms with Crippen LogP contribution in [0.2, 0.25) is 19.6 Å². The molecule has 1 nitrogen and oxygen atoms in total. The lowest BCUT2D eigenvalue weighted by Crippen LogP contribution is -3.00. The van der Waals surface area contributed by atoms with Gasteiger partial charge < -0.3 is 28.5 Å². The van der Waals surface area contributed by atoms with Crippen LogP contribution in [-0.2, 0) is 0 Å². The molecule has 0 aliphatic heterocycles. The number of nitrogens with zero attached hydrogens (tertiary/aromatic N) is 1. The molecular formula is C16H38INSi. The molecule has 0 aromatic rings. The Balaban J connectivity index is 0. The summed E-state index contributed by atoms with van der Waals surface area (Å²) in [5.74, 6) is 0. The summed E-state index contributed by atoms with van der Waals surface area (Å²) < 4.78 is 1.38. The minimum Gasteiger partial charge on any atom is -1.00 e. The predicted octanol–water partition coefficient (Wildman–Crippen LogP) is 2.08. The number of rotatable bonds is 11. The van der Waals surface area contributed by atoms with Crippen LogP contribution in [0, 0.1) is 0 Å². The average Bonchev–Trinajstić information content (AvgIpc) is 2.30. The summed E-state index contributed by atoms with van der Waals surface area (Å²) in [6.45, 7) is 18.7. The molecule has 0 N–H and O–H groups in total. The van der Waals surface area contributed by atoms with Crippen LogP contribution in [0.1, 0.15) is 59.3 Å². The quantitative estimate of drug-likeness (QED) is 0.216. The average molecular weight is 399 g/mol. The predicted molar refractivity (Wildman–Crippen MR) is 87.8 cm³/mol. The van der Waals surface area contributed by atoms with Gasteiger partial charge in [0.05, 0.1) is 25.8 Å². The van der Waals surface area contributed by atoms with E-state index in [1.54, 1.807) is 0 Å². The monoisotopic (exact) mass is 399 g/mol. The smallest absolute Gasteiger partial charge is 0.110 e. The van der Waals surface area contributed by atoms with Crippen LogP contribution in [0.15, 0.2) is 0 Å². The van der Waals surface area contributed by atoms with Crippen LogP contribution in [0.4, 0.5) is 0 Å². The number of unbranched alkanes of at least 4 members (excludes halogenated alkanes) is 5. The normalized spacial score (nSPS) is 12.3. The van der Waals surface area contributed by atoms with Gasteiger partial charge in [-0.25, -0.2) is 0 Å². The highest BCUT2D eigenvalue weighted by Gasteiger charge is 2.30. The lowest BCUT2D eigenvalue weighted by molar-refractivity contribution is -0.916. The zero-order valence-corrected chi connectivity index (χ0v) is 17.6. The molecule has 0 rings (SSSR count). The van der Waals surface area contributed by atoms with Crippen molar-refractivity contribution in [2.75, 3.05) is 25.8 Å². The fourth-order valence-electron chi connectivity index (χ4n) is 3.08. The number of hydrogen-bond acceptors (Lipinski definition) is 0. The van der Waals surface area contributed by atoms with Crippen molar-refractivity contribution in [3.8, 4) is 0 Å². The lowest BCUT2D eigenvalue weighted by atomic mass is 10.1. The zero-order chi connectivity index (χ0) is 14.1. The maximum absolute atomic E-state index is 2.52. The Kier molecular flexibility index (Phi) is 13.5. The second-order valence-electron chi connectivity index (χ2n) is 7.18. The lowest BCUT2D eigenvalue weighted by Gasteiger charge is -2.41. The third kappa shape index (κ3) is 11.3. The second-order valence-corrected chi connectivity index (χ2v) is 12.6. The Morgan fingerprint density at radius 1 is 0.737 bits per heavy atom. The molecule has 0 fully saturated rings. The van der Waals surface area contributed by atoms with Gasteiger partial charge in [0.1, 0.15) is 8.07 Å². The van der Waals surface area contributed by atoms with E-state index in [2.05, 4.69) is 40.4 Å². The molecule has 0 atom stereocenters. The van der Waals surface area contributed by atoms with Crippen LogP contribution < -0.4 is 24.0 Å². The first-order valence-electron chi connectivity index (χ1n) is 8.24. The van der Waals surface area contributed by atoms with E-state index in [1.807, 2.05) is 0 Å². The van der Waals surface area contributed by atoms with Gasteiger partial charge in [-0.2, -0.15) is 0 Å². The van der Waals surface area contributed by atoms with Crippen molar-refractivity contribution in [1.29, 1.82) is 0 Å². The highest BCUT2D eigenvalue weighted by atomic mass is 127. The van der Waals surface area contributed by atoms with Gasteiger partial charge in [0.25, 0.3) is 0 Å². The maximum atomic E-state index is 2.52. The fraction of sp³-hybridized carbons (Fsp3) is 1.00. The van der Waals surface area contributed by atoms with Crippen molar-refractivity contribution in [2.45, 2.75) is 78.9 Å². The van der Waals surface area contributed by atoms with Crippen LogP contribution in [0.3, 0.4) is 0 Å². The van der Waals surface area contributed by atoms with Crippen molar-refractivity contribution < 1.29 is 28.5 Å². The Labute approximate surface area is 141 Å². The van der Waals surface area contributed by atoms with E-state index in [-0.39, 0.29) is 24.0 Å². The molecule has 19 heavy (non-hydrogen) atoms. The number of quaternary nitrogens is 1. The standard InChI is InChI=1S/C16H38NSi.HI/c1-7-10-11-12-13-14-15-17(8-2,9-3)16-18(4,5)6;/h7-16H2,1-6H3;1H/q+1;/p-1. The number of halogens is 1. The minimum absolute atomic E-state index is 0. The summed E-state index contributed by atoms with van der Waals surface area (Å²) in [6, 6.07) is 0. The van der Waals surface area contributed by atoms with E-state index >= 15 is 0 Å². The van der Waals surface area contributed by atoms with E-state index in [1.165, 1.54) is 68.8 Å². The van der Waals surface area contributed by atoms with E-state index in [9.17, 15) is 0 Å². The van der Waals surface area contributed by atoms with Crippen LogP contribution in [0.5, 0.6) is 0 Å². The Morgan fingerprint density at radius 3 is 1.63 bits per heavy atom. The molecule has 0 aliphatic rings. The molecular weight excluding hydrogens is 361 g/mol. The molecule has 3 heteroatoms. The van der Waals surface area contributed by atoms with Crippen molar-refractivity contribution in [1.82, 2.24) is 0 Å². The van der Waals surface area contributed by atoms with Crippen molar-refractivity contribution in [3.63, 3.8) is 0 Å². The number of hydrogen-bond donors (Lipinski definition) is 0. The summed E-state index contributed by atoms with van der Waals surface area (Å²) in [4.78, 5) is 0. The Morgan fingerprint density at radius 2 is 1.21 bits per heavy atom. The van der Waals surface area contributed by atoms with Gasteiger partial charge in [-0.15, -0.1) is 0 Å². The third-order valence-corrected chi connectivity index (χ3v) is 5.76. The summed E-state index contributed by atoms with van der Waals surface area (Å²) in [7, 11) is -0.944. The molecule has 0 spiro atoms. The minimum atomic E-state index is -0.944. The van der Waals surface area contributed by atoms with E-state index < -0.39 is 8.07 Å². The van der Waals surface area contributed by atoms with Gasteiger partial charge in [0, 0.05) is 0 Å². The van der Waals surface area contributed by atoms with E-state index in [0.29, 0.717) is 0 Å². The van der Waals surface area contributed by atoms with Crippen molar-refractivity contribution >= 4 is 8.07 Å². The van der Waals surface area contributed by atoms with Crippen LogP contribution in [0.25, 0.3) is 0 Å². The first kappa shape index (κ1) is 22.2. The molecule has 0 bridgehead atoms. The topological polar surface area (TPSA) is 0 Å². The van der Waals surface area contributed by atoms with Gasteiger partial charge in [-0.05, 0) is 26.7 Å². The van der Waals surface area contributed by atoms with E-state index in [4.69, 9.17) is 0 Å². The fourth-order valence-corrected chi connectivity index (χ4v) is 5.69. The summed E-state index contributed by atoms with van der Waals surface area (Å²) in [6.07, 6.45) is 10.0. The van der Waals surface area contributed by atoms with Gasteiger partial charge in [0.15, 0.2) is 0 Å². The Hall–Kier alpha value is 0.907. The molecule has 0 aromatic carbocycles. The third-order valence-electron chi connectivity index (χ3n) is 4.14. The Bertz CT molecular complexity index is 197. The summed E-state index contributed by atoms with van der Waals surface area (Å²) in [5.41, 5.74) is 0. The van der Waals surface area contributed by atoms with Crippen LogP contribution in [-0.4, -0.2) is 38.4 Å². The SMILES string of the molecule is CCCCCCCC[N+](CC)(CC)C[Si](C)(C)C.[I-]. The summed E-state index contributed by atoms with van der Waals surface area (Å²) >= 11 is 0. The van der Waals surface area contributed by atoms with Crippen LogP contribution >= 0.6 is 0 Å². The highest BCUT2D eigenvalue weighted by molar-refractivity contribution is 6.76. The molecule has 0 aromatic heterocycles. The molecule has 0 amide bonds. The molecule has 118 valence electrons. The molecule has 0 heterocycles. The summed E-state index contributed by atoms with van der Waals surface area (Å²) in [5, 5.41) is 0. The van der Waals surface area contributed by atoms with Crippen molar-refractivity contribution in [2.24, 2.45) is 0 Å². The molecule has 0 aliphatic carbocycles. The first-order chi connectivity index (χ1) is 8.39. The van der Waals surface area contributed by atoms with Gasteiger partial charge >= 0.3 is 0 Å². The van der Waals surface area contributed by atoms with Gasteiger partial charge in [-0.1, -0.05) is 52.2 Å². The van der Waals surface area contributed by atoms with Crippen molar-refractivity contribution in [3.05, 3.63) is 0 Å². The maximum Gasteiger partial charge on any atom is 0.110 e. The van der Waals surface area contributed by atoms with Gasteiger partial charge in [-0.3, -0.25) is 0 Å². The zero-order valence-electron chi connectivity index (χ0n) is 14.4. The first-order valence-corrected chi connectivity index (χ1v) is 11.9. The largest absolute Gasteiger partial charge is 1.00 e. The highest BCUT2D eigenvalue weighted by Crippen LogP contribution is 2.16.